The molecule has 4 rings (SSSR count). The summed E-state index contributed by atoms with van der Waals surface area (Å²) in [5.74, 6) is 4.96. The van der Waals surface area contributed by atoms with E-state index in [1.165, 1.54) is 25.0 Å². The van der Waals surface area contributed by atoms with Gasteiger partial charge in [-0.15, -0.1) is 13.2 Å². The number of nitrogens with one attached hydrogen (secondary N) is 3. The van der Waals surface area contributed by atoms with E-state index in [-0.39, 0.29) is 29.9 Å². The Bertz CT molecular complexity index is 1190. The van der Waals surface area contributed by atoms with E-state index in [1.54, 1.807) is 29.2 Å². The van der Waals surface area contributed by atoms with E-state index in [0.29, 0.717) is 11.6 Å². The molecule has 208 valence electrons. The van der Waals surface area contributed by atoms with Crippen LogP contribution in [0.25, 0.3) is 0 Å². The Morgan fingerprint density at radius 3 is 2.10 bits per heavy atom. The standard InChI is InChI=1S/C26H30F3N7O3/c27-26(28,29)39-22-13-9-20(10-14-22)32-25(38)36(21-11-7-18(8-12-21)17-5-6-17)15-16-1-3-19(4-2-16)23(37)33-24(30)34-35-31/h1-4,9-10,13-14,17-18,21H,5-8,11-12,15H2,(H,32,38)(H4,30,31,33,34,37). The van der Waals surface area contributed by atoms with Gasteiger partial charge in [0.25, 0.3) is 5.91 Å². The Hall–Kier alpha value is -4.16. The fraction of sp³-hybridized carbons (Fsp3) is 0.423. The lowest BCUT2D eigenvalue weighted by atomic mass is 9.82. The molecule has 0 spiro atoms. The average Bonchev–Trinajstić information content (AvgIpc) is 3.74. The van der Waals surface area contributed by atoms with Gasteiger partial charge in [-0.3, -0.25) is 15.5 Å². The molecule has 13 heteroatoms. The number of alkyl halides is 3. The van der Waals surface area contributed by atoms with Gasteiger partial charge in [0.05, 0.1) is 0 Å². The predicted octanol–water partition coefficient (Wildman–Crippen LogP) is 5.58. The molecule has 0 bridgehead atoms. The minimum atomic E-state index is -4.80. The van der Waals surface area contributed by atoms with Crippen LogP contribution >= 0.6 is 0 Å². The normalized spacial score (nSPS) is 19.4. The molecule has 2 aliphatic carbocycles. The summed E-state index contributed by atoms with van der Waals surface area (Å²) in [6, 6.07) is 11.2. The highest BCUT2D eigenvalue weighted by Gasteiger charge is 2.36. The van der Waals surface area contributed by atoms with Crippen LogP contribution in [-0.4, -0.2) is 35.2 Å². The van der Waals surface area contributed by atoms with E-state index in [0.717, 1.165) is 49.3 Å². The molecule has 0 atom stereocenters. The van der Waals surface area contributed by atoms with Gasteiger partial charge in [-0.2, -0.15) is 0 Å². The van der Waals surface area contributed by atoms with Crippen molar-refractivity contribution in [2.45, 2.75) is 57.5 Å². The third kappa shape index (κ3) is 8.16. The number of urea groups is 1. The van der Waals surface area contributed by atoms with E-state index in [2.05, 4.69) is 25.7 Å². The van der Waals surface area contributed by atoms with Gasteiger partial charge >= 0.3 is 12.4 Å². The van der Waals surface area contributed by atoms with Crippen molar-refractivity contribution in [1.29, 1.82) is 5.41 Å². The molecule has 2 aliphatic rings. The molecule has 5 N–H and O–H groups in total. The second-order valence-electron chi connectivity index (χ2n) is 9.75. The summed E-state index contributed by atoms with van der Waals surface area (Å²) in [5, 5.41) is 18.7. The van der Waals surface area contributed by atoms with E-state index < -0.39 is 18.2 Å². The number of carbonyl (C=O) groups excluding carboxylic acids is 2. The molecule has 0 unspecified atom stereocenters. The molecule has 0 saturated heterocycles. The predicted molar refractivity (Wildman–Crippen MR) is 137 cm³/mol. The number of hydrogen-bond donors (Lipinski definition) is 4. The van der Waals surface area contributed by atoms with Gasteiger partial charge in [-0.25, -0.2) is 4.79 Å². The number of carbonyl (C=O) groups is 2. The minimum Gasteiger partial charge on any atom is -0.406 e. The first-order valence-electron chi connectivity index (χ1n) is 12.6. The molecule has 0 radical (unpaired) electrons. The molecule has 3 amide bonds. The van der Waals surface area contributed by atoms with E-state index >= 15 is 0 Å². The van der Waals surface area contributed by atoms with Crippen molar-refractivity contribution in [3.63, 3.8) is 0 Å². The van der Waals surface area contributed by atoms with E-state index in [4.69, 9.17) is 11.3 Å². The zero-order valence-corrected chi connectivity index (χ0v) is 21.1. The molecule has 39 heavy (non-hydrogen) atoms. The second-order valence-corrected chi connectivity index (χ2v) is 9.75. The third-order valence-corrected chi connectivity index (χ3v) is 7.03. The van der Waals surface area contributed by atoms with Gasteiger partial charge in [-0.05, 0) is 92.3 Å². The molecule has 2 saturated carbocycles. The van der Waals surface area contributed by atoms with Gasteiger partial charge in [0.2, 0.25) is 5.96 Å². The Labute approximate surface area is 223 Å². The van der Waals surface area contributed by atoms with Gasteiger partial charge in [-0.1, -0.05) is 22.5 Å². The lowest BCUT2D eigenvalue weighted by molar-refractivity contribution is -0.274. The van der Waals surface area contributed by atoms with Gasteiger partial charge in [0, 0.05) is 23.8 Å². The minimum absolute atomic E-state index is 0.00194. The lowest BCUT2D eigenvalue weighted by Crippen LogP contribution is -2.44. The molecule has 0 heterocycles. The lowest BCUT2D eigenvalue weighted by Gasteiger charge is -2.37. The monoisotopic (exact) mass is 545 g/mol. The van der Waals surface area contributed by atoms with Crippen LogP contribution in [0.5, 0.6) is 5.75 Å². The molecule has 2 aromatic rings. The first kappa shape index (κ1) is 27.9. The maximum atomic E-state index is 13.4. The molecule has 0 aliphatic heterocycles. The molecule has 2 fully saturated rings. The molecular formula is C26H30F3N7O3. The second kappa shape index (κ2) is 12.1. The van der Waals surface area contributed by atoms with Crippen molar-refractivity contribution >= 4 is 23.6 Å². The quantitative estimate of drug-likeness (QED) is 0.118. The summed E-state index contributed by atoms with van der Waals surface area (Å²) in [7, 11) is 0. The highest BCUT2D eigenvalue weighted by Crippen LogP contribution is 2.44. The van der Waals surface area contributed by atoms with Crippen molar-refractivity contribution in [2.75, 3.05) is 5.32 Å². The van der Waals surface area contributed by atoms with Crippen LogP contribution in [0.3, 0.4) is 0 Å². The fourth-order valence-electron chi connectivity index (χ4n) is 4.97. The maximum Gasteiger partial charge on any atom is 0.573 e. The summed E-state index contributed by atoms with van der Waals surface area (Å²) >= 11 is 0. The van der Waals surface area contributed by atoms with Crippen LogP contribution in [0.15, 0.2) is 58.9 Å². The van der Waals surface area contributed by atoms with Crippen LogP contribution in [-0.2, 0) is 6.54 Å². The van der Waals surface area contributed by atoms with Gasteiger partial charge < -0.3 is 20.8 Å². The molecule has 10 nitrogen and oxygen atoms in total. The summed E-state index contributed by atoms with van der Waals surface area (Å²) in [4.78, 5) is 27.4. The summed E-state index contributed by atoms with van der Waals surface area (Å²) < 4.78 is 41.3. The van der Waals surface area contributed by atoms with Crippen LogP contribution in [0.4, 0.5) is 23.7 Å². The number of hydrogen-bond acceptors (Lipinski definition) is 5. The zero-order valence-electron chi connectivity index (χ0n) is 21.1. The van der Waals surface area contributed by atoms with Crippen molar-refractivity contribution in [3.8, 4) is 5.75 Å². The highest BCUT2D eigenvalue weighted by atomic mass is 19.4. The number of halogens is 3. The van der Waals surface area contributed by atoms with Crippen molar-refractivity contribution < 1.29 is 27.5 Å². The number of benzene rings is 2. The largest absolute Gasteiger partial charge is 0.573 e. The van der Waals surface area contributed by atoms with E-state index in [1.807, 2.05) is 0 Å². The fourth-order valence-corrected chi connectivity index (χ4v) is 4.97. The van der Waals surface area contributed by atoms with Crippen molar-refractivity contribution in [1.82, 2.24) is 10.2 Å². The first-order valence-corrected chi connectivity index (χ1v) is 12.6. The number of anilines is 1. The average molecular weight is 546 g/mol. The zero-order chi connectivity index (χ0) is 28.0. The Kier molecular flexibility index (Phi) is 8.67. The van der Waals surface area contributed by atoms with Crippen LogP contribution in [0, 0.1) is 17.2 Å². The number of rotatable bonds is 7. The van der Waals surface area contributed by atoms with Crippen molar-refractivity contribution in [3.05, 3.63) is 59.7 Å². The number of amides is 3. The van der Waals surface area contributed by atoms with Crippen LogP contribution < -0.4 is 21.2 Å². The Balaban J connectivity index is 1.44. The molecule has 0 aromatic heterocycles. The SMILES string of the molecule is N=C(/N=N\N)NC(=O)c1ccc(CN(C(=O)Nc2ccc(OC(F)(F)F)cc2)C2CCC(C3CC3)CC2)cc1. The van der Waals surface area contributed by atoms with Gasteiger partial charge in [0.15, 0.2) is 0 Å². The topological polar surface area (TPSA) is 145 Å². The molecule has 2 aromatic carbocycles. The van der Waals surface area contributed by atoms with Crippen molar-refractivity contribution in [2.24, 2.45) is 28.0 Å². The number of nitrogens with two attached hydrogens (primary N) is 1. The van der Waals surface area contributed by atoms with Crippen LogP contribution in [0.2, 0.25) is 0 Å². The summed E-state index contributed by atoms with van der Waals surface area (Å²) in [5.41, 5.74) is 1.42. The number of ether oxygens (including phenoxy) is 1. The Morgan fingerprint density at radius 2 is 1.56 bits per heavy atom. The third-order valence-electron chi connectivity index (χ3n) is 7.03. The first-order chi connectivity index (χ1) is 18.6. The summed E-state index contributed by atoms with van der Waals surface area (Å²) in [6.45, 7) is 0.277. The number of nitrogens with zero attached hydrogens (tertiary/aromatic N) is 3. The van der Waals surface area contributed by atoms with Crippen LogP contribution in [0.1, 0.15) is 54.4 Å². The Morgan fingerprint density at radius 1 is 0.974 bits per heavy atom. The smallest absolute Gasteiger partial charge is 0.406 e. The maximum absolute atomic E-state index is 13.4. The number of guanidine groups is 1. The van der Waals surface area contributed by atoms with E-state index in [9.17, 15) is 22.8 Å². The molecular weight excluding hydrogens is 515 g/mol. The summed E-state index contributed by atoms with van der Waals surface area (Å²) in [6.07, 6.45) is 1.59. The van der Waals surface area contributed by atoms with Gasteiger partial charge in [0.1, 0.15) is 5.75 Å². The highest BCUT2D eigenvalue weighted by molar-refractivity contribution is 6.04.